The summed E-state index contributed by atoms with van der Waals surface area (Å²) in [4.78, 5) is 0. The van der Waals surface area contributed by atoms with Crippen LogP contribution in [0.25, 0.3) is 0 Å². The zero-order chi connectivity index (χ0) is 8.06. The third-order valence-electron chi connectivity index (χ3n) is 4.75. The fourth-order valence-electron chi connectivity index (χ4n) is 3.55. The van der Waals surface area contributed by atoms with Crippen molar-refractivity contribution < 1.29 is 0 Å². The molecule has 0 N–H and O–H groups in total. The zero-order valence-corrected chi connectivity index (χ0v) is 8.06. The van der Waals surface area contributed by atoms with Crippen LogP contribution < -0.4 is 0 Å². The van der Waals surface area contributed by atoms with E-state index in [9.17, 15) is 0 Å². The molecule has 0 aromatic rings. The Kier molecular flexibility index (Phi) is 1.56. The second-order valence-corrected chi connectivity index (χ2v) is 5.10. The maximum absolute atomic E-state index is 2.53. The number of fused-ring (bicyclic) bond motifs is 1. The van der Waals surface area contributed by atoms with Gasteiger partial charge in [-0.15, -0.1) is 0 Å². The molecule has 2 rings (SSSR count). The van der Waals surface area contributed by atoms with Crippen molar-refractivity contribution in [2.75, 3.05) is 0 Å². The van der Waals surface area contributed by atoms with Crippen LogP contribution in [-0.4, -0.2) is 0 Å². The first-order chi connectivity index (χ1) is 5.14. The SMILES string of the molecule is CC1CC2CCCC2(C)C1C. The summed E-state index contributed by atoms with van der Waals surface area (Å²) in [5.41, 5.74) is 0.736. The molecule has 2 aliphatic carbocycles. The van der Waals surface area contributed by atoms with Crippen molar-refractivity contribution in [1.82, 2.24) is 0 Å². The van der Waals surface area contributed by atoms with Crippen molar-refractivity contribution in [3.63, 3.8) is 0 Å². The highest BCUT2D eigenvalue weighted by Gasteiger charge is 2.49. The molecule has 0 saturated heterocycles. The van der Waals surface area contributed by atoms with E-state index in [-0.39, 0.29) is 0 Å². The highest BCUT2D eigenvalue weighted by atomic mass is 14.5. The van der Waals surface area contributed by atoms with E-state index in [4.69, 9.17) is 0 Å². The minimum absolute atomic E-state index is 0.736. The molecular weight excluding hydrogens is 132 g/mol. The van der Waals surface area contributed by atoms with E-state index in [2.05, 4.69) is 20.8 Å². The highest BCUT2D eigenvalue weighted by molar-refractivity contribution is 4.99. The smallest absolute Gasteiger partial charge is 0.0269 e. The molecule has 64 valence electrons. The molecule has 0 spiro atoms. The number of rotatable bonds is 0. The molecule has 4 atom stereocenters. The summed E-state index contributed by atoms with van der Waals surface area (Å²) in [6.45, 7) is 7.43. The third kappa shape index (κ3) is 0.878. The van der Waals surface area contributed by atoms with E-state index in [1.807, 2.05) is 0 Å². The second-order valence-electron chi connectivity index (χ2n) is 5.10. The Morgan fingerprint density at radius 3 is 2.64 bits per heavy atom. The first-order valence-electron chi connectivity index (χ1n) is 5.14. The van der Waals surface area contributed by atoms with Crippen LogP contribution >= 0.6 is 0 Å². The lowest BCUT2D eigenvalue weighted by molar-refractivity contribution is 0.190. The first kappa shape index (κ1) is 7.64. The van der Waals surface area contributed by atoms with Crippen molar-refractivity contribution in [1.29, 1.82) is 0 Å². The van der Waals surface area contributed by atoms with Gasteiger partial charge in [0.25, 0.3) is 0 Å². The van der Waals surface area contributed by atoms with Crippen LogP contribution in [0.4, 0.5) is 0 Å². The maximum Gasteiger partial charge on any atom is -0.0269 e. The van der Waals surface area contributed by atoms with Crippen molar-refractivity contribution >= 4 is 0 Å². The fraction of sp³-hybridized carbons (Fsp3) is 1.00. The molecule has 0 aliphatic heterocycles. The Hall–Kier alpha value is 0. The van der Waals surface area contributed by atoms with Crippen molar-refractivity contribution in [2.45, 2.75) is 46.5 Å². The Labute approximate surface area is 70.4 Å². The van der Waals surface area contributed by atoms with Crippen molar-refractivity contribution in [3.05, 3.63) is 0 Å². The number of hydrogen-bond acceptors (Lipinski definition) is 0. The van der Waals surface area contributed by atoms with E-state index in [0.29, 0.717) is 0 Å². The van der Waals surface area contributed by atoms with Gasteiger partial charge in [-0.2, -0.15) is 0 Å². The minimum atomic E-state index is 0.736. The Morgan fingerprint density at radius 1 is 1.27 bits per heavy atom. The fourth-order valence-corrected chi connectivity index (χ4v) is 3.55. The summed E-state index contributed by atoms with van der Waals surface area (Å²) in [6.07, 6.45) is 6.03. The van der Waals surface area contributed by atoms with E-state index in [1.54, 1.807) is 0 Å². The lowest BCUT2D eigenvalue weighted by Gasteiger charge is -2.30. The standard InChI is InChI=1S/C11H20/c1-8-7-10-5-4-6-11(10,3)9(8)2/h8-10H,4-7H2,1-3H3. The molecule has 0 aromatic carbocycles. The van der Waals surface area contributed by atoms with E-state index >= 15 is 0 Å². The summed E-state index contributed by atoms with van der Waals surface area (Å²) >= 11 is 0. The van der Waals surface area contributed by atoms with Gasteiger partial charge in [-0.05, 0) is 42.4 Å². The van der Waals surface area contributed by atoms with Gasteiger partial charge in [0.1, 0.15) is 0 Å². The van der Waals surface area contributed by atoms with Crippen LogP contribution in [0, 0.1) is 23.2 Å². The molecule has 4 unspecified atom stereocenters. The molecule has 11 heavy (non-hydrogen) atoms. The quantitative estimate of drug-likeness (QED) is 0.498. The number of hydrogen-bond donors (Lipinski definition) is 0. The Morgan fingerprint density at radius 2 is 2.00 bits per heavy atom. The molecular formula is C11H20. The van der Waals surface area contributed by atoms with Crippen LogP contribution in [0.5, 0.6) is 0 Å². The predicted molar refractivity (Wildman–Crippen MR) is 48.4 cm³/mol. The second kappa shape index (κ2) is 2.24. The van der Waals surface area contributed by atoms with Crippen LogP contribution in [0.2, 0.25) is 0 Å². The van der Waals surface area contributed by atoms with Gasteiger partial charge < -0.3 is 0 Å². The molecule has 0 radical (unpaired) electrons. The lowest BCUT2D eigenvalue weighted by Crippen LogP contribution is -2.23. The monoisotopic (exact) mass is 152 g/mol. The molecule has 0 aromatic heterocycles. The van der Waals surface area contributed by atoms with Gasteiger partial charge in [0.2, 0.25) is 0 Å². The largest absolute Gasteiger partial charge is 0.0622 e. The summed E-state index contributed by atoms with van der Waals surface area (Å²) in [5, 5.41) is 0. The van der Waals surface area contributed by atoms with E-state index in [1.165, 1.54) is 25.7 Å². The van der Waals surface area contributed by atoms with E-state index in [0.717, 1.165) is 23.2 Å². The Balaban J connectivity index is 2.23. The molecule has 2 fully saturated rings. The van der Waals surface area contributed by atoms with Gasteiger partial charge in [-0.1, -0.05) is 27.2 Å². The average molecular weight is 152 g/mol. The molecule has 0 heterocycles. The summed E-state index contributed by atoms with van der Waals surface area (Å²) < 4.78 is 0. The summed E-state index contributed by atoms with van der Waals surface area (Å²) in [7, 11) is 0. The molecule has 0 heteroatoms. The van der Waals surface area contributed by atoms with Gasteiger partial charge in [0.15, 0.2) is 0 Å². The van der Waals surface area contributed by atoms with Gasteiger partial charge >= 0.3 is 0 Å². The van der Waals surface area contributed by atoms with Gasteiger partial charge in [-0.25, -0.2) is 0 Å². The minimum Gasteiger partial charge on any atom is -0.0622 e. The topological polar surface area (TPSA) is 0 Å². The normalized spacial score (nSPS) is 56.5. The van der Waals surface area contributed by atoms with Crippen LogP contribution in [0.3, 0.4) is 0 Å². The summed E-state index contributed by atoms with van der Waals surface area (Å²) in [5.74, 6) is 3.05. The zero-order valence-electron chi connectivity index (χ0n) is 8.06. The predicted octanol–water partition coefficient (Wildman–Crippen LogP) is 3.47. The molecule has 0 nitrogen and oxygen atoms in total. The van der Waals surface area contributed by atoms with Crippen molar-refractivity contribution in [3.8, 4) is 0 Å². The lowest BCUT2D eigenvalue weighted by atomic mass is 9.75. The van der Waals surface area contributed by atoms with Crippen LogP contribution in [-0.2, 0) is 0 Å². The van der Waals surface area contributed by atoms with E-state index < -0.39 is 0 Å². The van der Waals surface area contributed by atoms with Gasteiger partial charge in [-0.3, -0.25) is 0 Å². The molecule has 0 amide bonds. The van der Waals surface area contributed by atoms with Gasteiger partial charge in [0.05, 0.1) is 0 Å². The van der Waals surface area contributed by atoms with Crippen LogP contribution in [0.15, 0.2) is 0 Å². The van der Waals surface area contributed by atoms with Crippen LogP contribution in [0.1, 0.15) is 46.5 Å². The third-order valence-corrected chi connectivity index (χ3v) is 4.75. The Bertz CT molecular complexity index is 157. The van der Waals surface area contributed by atoms with Gasteiger partial charge in [0, 0.05) is 0 Å². The molecule has 0 bridgehead atoms. The maximum atomic E-state index is 2.53. The highest BCUT2D eigenvalue weighted by Crippen LogP contribution is 2.58. The average Bonchev–Trinajstić information content (AvgIpc) is 2.39. The molecule has 2 aliphatic rings. The first-order valence-corrected chi connectivity index (χ1v) is 5.14. The summed E-state index contributed by atoms with van der Waals surface area (Å²) in [6, 6.07) is 0. The van der Waals surface area contributed by atoms with Crippen molar-refractivity contribution in [2.24, 2.45) is 23.2 Å². The molecule has 2 saturated carbocycles.